The first-order chi connectivity index (χ1) is 13.6. The van der Waals surface area contributed by atoms with Gasteiger partial charge in [-0.05, 0) is 24.3 Å². The number of allylic oxidation sites excluding steroid dienone is 1. The Hall–Kier alpha value is -3.93. The molecule has 0 bridgehead atoms. The Morgan fingerprint density at radius 2 is 1.71 bits per heavy atom. The molecule has 0 unspecified atom stereocenters. The SMILES string of the molecule is O=C(/C=C/c1cncnc1)c1c(-c2ccccc2F)c2ccccc2[nH]c1=O. The fraction of sp³-hybridized carbons (Fsp3) is 0. The molecular formula is C22H14FN3O2. The molecule has 2 aromatic heterocycles. The Balaban J connectivity index is 1.95. The molecule has 136 valence electrons. The van der Waals surface area contributed by atoms with Crippen molar-refractivity contribution in [1.82, 2.24) is 15.0 Å². The lowest BCUT2D eigenvalue weighted by molar-refractivity contribution is 0.104. The molecule has 4 aromatic rings. The van der Waals surface area contributed by atoms with E-state index in [1.54, 1.807) is 54.9 Å². The van der Waals surface area contributed by atoms with Gasteiger partial charge < -0.3 is 4.98 Å². The summed E-state index contributed by atoms with van der Waals surface area (Å²) in [7, 11) is 0. The molecule has 28 heavy (non-hydrogen) atoms. The van der Waals surface area contributed by atoms with Crippen molar-refractivity contribution in [2.75, 3.05) is 0 Å². The van der Waals surface area contributed by atoms with Gasteiger partial charge in [0.1, 0.15) is 12.1 Å². The number of hydrogen-bond donors (Lipinski definition) is 1. The van der Waals surface area contributed by atoms with Crippen molar-refractivity contribution in [2.45, 2.75) is 0 Å². The molecule has 1 N–H and O–H groups in total. The van der Waals surface area contributed by atoms with Gasteiger partial charge in [0.15, 0.2) is 5.78 Å². The van der Waals surface area contributed by atoms with E-state index in [0.29, 0.717) is 16.5 Å². The van der Waals surface area contributed by atoms with Gasteiger partial charge in [-0.15, -0.1) is 0 Å². The lowest BCUT2D eigenvalue weighted by atomic mass is 9.93. The minimum atomic E-state index is -0.573. The number of para-hydroxylation sites is 1. The number of ketones is 1. The van der Waals surface area contributed by atoms with Gasteiger partial charge in [0.25, 0.3) is 5.56 Å². The molecule has 0 atom stereocenters. The monoisotopic (exact) mass is 371 g/mol. The Morgan fingerprint density at radius 3 is 2.50 bits per heavy atom. The van der Waals surface area contributed by atoms with E-state index in [0.717, 1.165) is 0 Å². The lowest BCUT2D eigenvalue weighted by Crippen LogP contribution is -2.19. The molecule has 0 radical (unpaired) electrons. The summed E-state index contributed by atoms with van der Waals surface area (Å²) in [6, 6.07) is 13.1. The van der Waals surface area contributed by atoms with Crippen molar-refractivity contribution in [1.29, 1.82) is 0 Å². The Labute approximate surface area is 159 Å². The first-order valence-corrected chi connectivity index (χ1v) is 8.52. The van der Waals surface area contributed by atoms with Gasteiger partial charge in [0, 0.05) is 40.0 Å². The van der Waals surface area contributed by atoms with Crippen LogP contribution < -0.4 is 5.56 Å². The number of aromatic nitrogens is 3. The van der Waals surface area contributed by atoms with Gasteiger partial charge >= 0.3 is 0 Å². The number of aromatic amines is 1. The van der Waals surface area contributed by atoms with Crippen molar-refractivity contribution in [2.24, 2.45) is 0 Å². The summed E-state index contributed by atoms with van der Waals surface area (Å²) >= 11 is 0. The molecule has 2 aromatic carbocycles. The zero-order chi connectivity index (χ0) is 19.5. The van der Waals surface area contributed by atoms with E-state index in [2.05, 4.69) is 15.0 Å². The third kappa shape index (κ3) is 3.23. The Kier molecular flexibility index (Phi) is 4.60. The van der Waals surface area contributed by atoms with Gasteiger partial charge in [-0.3, -0.25) is 9.59 Å². The molecule has 0 saturated heterocycles. The van der Waals surface area contributed by atoms with E-state index >= 15 is 0 Å². The number of carbonyl (C=O) groups is 1. The largest absolute Gasteiger partial charge is 0.321 e. The van der Waals surface area contributed by atoms with Crippen LogP contribution in [0.25, 0.3) is 28.1 Å². The predicted octanol–water partition coefficient (Wildman–Crippen LogP) is 4.02. The van der Waals surface area contributed by atoms with Crippen LogP contribution in [0.1, 0.15) is 15.9 Å². The standard InChI is InChI=1S/C22H14FN3O2/c23-17-7-3-1-5-15(17)20-16-6-2-4-8-18(16)26-22(28)21(20)19(27)10-9-14-11-24-13-25-12-14/h1-13H,(H,26,28)/b10-9+. The van der Waals surface area contributed by atoms with E-state index in [1.165, 1.54) is 24.5 Å². The highest BCUT2D eigenvalue weighted by Crippen LogP contribution is 2.31. The van der Waals surface area contributed by atoms with Crippen LogP contribution in [0.5, 0.6) is 0 Å². The highest BCUT2D eigenvalue weighted by molar-refractivity contribution is 6.15. The molecule has 5 nitrogen and oxygen atoms in total. The molecule has 6 heteroatoms. The first kappa shape index (κ1) is 17.5. The Morgan fingerprint density at radius 1 is 1.00 bits per heavy atom. The normalized spacial score (nSPS) is 11.2. The van der Waals surface area contributed by atoms with Crippen LogP contribution >= 0.6 is 0 Å². The smallest absolute Gasteiger partial charge is 0.260 e. The minimum Gasteiger partial charge on any atom is -0.321 e. The maximum absolute atomic E-state index is 14.6. The fourth-order valence-corrected chi connectivity index (χ4v) is 3.07. The van der Waals surface area contributed by atoms with Crippen LogP contribution in [0.15, 0.2) is 78.1 Å². The van der Waals surface area contributed by atoms with Crippen molar-refractivity contribution in [3.63, 3.8) is 0 Å². The minimum absolute atomic E-state index is 0.114. The summed E-state index contributed by atoms with van der Waals surface area (Å²) in [6.45, 7) is 0. The lowest BCUT2D eigenvalue weighted by Gasteiger charge is -2.12. The summed E-state index contributed by atoms with van der Waals surface area (Å²) in [5, 5.41) is 0.590. The highest BCUT2D eigenvalue weighted by Gasteiger charge is 2.21. The number of rotatable bonds is 4. The van der Waals surface area contributed by atoms with E-state index < -0.39 is 17.2 Å². The number of pyridine rings is 1. The van der Waals surface area contributed by atoms with E-state index in [-0.39, 0.29) is 16.7 Å². The number of nitrogens with one attached hydrogen (secondary N) is 1. The second-order valence-electron chi connectivity index (χ2n) is 6.10. The molecule has 4 rings (SSSR count). The molecule has 0 aliphatic carbocycles. The molecule has 0 aliphatic rings. The highest BCUT2D eigenvalue weighted by atomic mass is 19.1. The van der Waals surface area contributed by atoms with E-state index in [9.17, 15) is 14.0 Å². The third-order valence-corrected chi connectivity index (χ3v) is 4.32. The quantitative estimate of drug-likeness (QED) is 0.434. The van der Waals surface area contributed by atoms with Crippen LogP contribution in [0.3, 0.4) is 0 Å². The molecule has 0 amide bonds. The van der Waals surface area contributed by atoms with Crippen molar-refractivity contribution in [3.8, 4) is 11.1 Å². The Bertz CT molecular complexity index is 1260. The molecule has 0 saturated carbocycles. The van der Waals surface area contributed by atoms with E-state index in [4.69, 9.17) is 0 Å². The van der Waals surface area contributed by atoms with Gasteiger partial charge in [0.05, 0.1) is 5.56 Å². The third-order valence-electron chi connectivity index (χ3n) is 4.32. The fourth-order valence-electron chi connectivity index (χ4n) is 3.07. The van der Waals surface area contributed by atoms with Gasteiger partial charge in [0.2, 0.25) is 0 Å². The van der Waals surface area contributed by atoms with Crippen LogP contribution in [0.2, 0.25) is 0 Å². The number of carbonyl (C=O) groups excluding carboxylic acids is 1. The average molecular weight is 371 g/mol. The number of benzene rings is 2. The summed E-state index contributed by atoms with van der Waals surface area (Å²) in [4.78, 5) is 36.1. The van der Waals surface area contributed by atoms with Crippen LogP contribution in [-0.4, -0.2) is 20.7 Å². The van der Waals surface area contributed by atoms with Crippen LogP contribution in [0.4, 0.5) is 4.39 Å². The van der Waals surface area contributed by atoms with Crippen molar-refractivity contribution >= 4 is 22.8 Å². The zero-order valence-electron chi connectivity index (χ0n) is 14.6. The maximum atomic E-state index is 14.6. The number of nitrogens with zero attached hydrogens (tertiary/aromatic N) is 2. The molecule has 0 aliphatic heterocycles. The summed E-state index contributed by atoms with van der Waals surface area (Å²) in [5.41, 5.74) is 0.928. The summed E-state index contributed by atoms with van der Waals surface area (Å²) in [6.07, 6.45) is 7.24. The van der Waals surface area contributed by atoms with Crippen LogP contribution in [0, 0.1) is 5.82 Å². The number of fused-ring (bicyclic) bond motifs is 1. The summed E-state index contributed by atoms with van der Waals surface area (Å²) in [5.74, 6) is -1.04. The zero-order valence-corrected chi connectivity index (χ0v) is 14.6. The molecule has 0 fully saturated rings. The molecule has 2 heterocycles. The van der Waals surface area contributed by atoms with Gasteiger partial charge in [-0.1, -0.05) is 36.4 Å². The first-order valence-electron chi connectivity index (χ1n) is 8.52. The predicted molar refractivity (Wildman–Crippen MR) is 105 cm³/mol. The summed E-state index contributed by atoms with van der Waals surface area (Å²) < 4.78 is 14.6. The second kappa shape index (κ2) is 7.36. The van der Waals surface area contributed by atoms with Gasteiger partial charge in [-0.25, -0.2) is 14.4 Å². The molecule has 0 spiro atoms. The maximum Gasteiger partial charge on any atom is 0.260 e. The van der Waals surface area contributed by atoms with Crippen molar-refractivity contribution in [3.05, 3.63) is 101 Å². The van der Waals surface area contributed by atoms with Crippen LogP contribution in [-0.2, 0) is 0 Å². The number of hydrogen-bond acceptors (Lipinski definition) is 4. The molecular weight excluding hydrogens is 357 g/mol. The van der Waals surface area contributed by atoms with Crippen molar-refractivity contribution < 1.29 is 9.18 Å². The second-order valence-corrected chi connectivity index (χ2v) is 6.10. The topological polar surface area (TPSA) is 75.7 Å². The average Bonchev–Trinajstić information content (AvgIpc) is 2.72. The number of halogens is 1. The van der Waals surface area contributed by atoms with E-state index in [1.807, 2.05) is 0 Å². The number of H-pyrrole nitrogens is 1. The van der Waals surface area contributed by atoms with Gasteiger partial charge in [-0.2, -0.15) is 0 Å².